The van der Waals surface area contributed by atoms with Gasteiger partial charge in [-0.15, -0.1) is 0 Å². The van der Waals surface area contributed by atoms with E-state index in [0.29, 0.717) is 56.2 Å². The zero-order valence-electron chi connectivity index (χ0n) is 27.2. The van der Waals surface area contributed by atoms with Crippen LogP contribution in [0.1, 0.15) is 28.7 Å². The summed E-state index contributed by atoms with van der Waals surface area (Å²) in [5.74, 6) is -1.99. The van der Waals surface area contributed by atoms with Crippen molar-refractivity contribution in [3.8, 4) is 16.9 Å². The van der Waals surface area contributed by atoms with Gasteiger partial charge in [-0.2, -0.15) is 26.3 Å². The van der Waals surface area contributed by atoms with Gasteiger partial charge >= 0.3 is 18.3 Å². The molecule has 5 rings (SSSR count). The number of morpholine rings is 1. The summed E-state index contributed by atoms with van der Waals surface area (Å²) in [6, 6.07) is 11.9. The van der Waals surface area contributed by atoms with Crippen LogP contribution in [0.15, 0.2) is 65.6 Å². The van der Waals surface area contributed by atoms with Gasteiger partial charge < -0.3 is 19.9 Å². The first-order valence-corrected chi connectivity index (χ1v) is 17.0. The van der Waals surface area contributed by atoms with Crippen LogP contribution in [0.5, 0.6) is 5.75 Å². The van der Waals surface area contributed by atoms with Gasteiger partial charge in [-0.1, -0.05) is 42.2 Å². The molecular weight excluding hydrogens is 737 g/mol. The summed E-state index contributed by atoms with van der Waals surface area (Å²) in [7, 11) is 0. The van der Waals surface area contributed by atoms with Crippen LogP contribution in [0.2, 0.25) is 0 Å². The average Bonchev–Trinajstić information content (AvgIpc) is 3.34. The Hall–Kier alpha value is -4.45. The summed E-state index contributed by atoms with van der Waals surface area (Å²) in [6.07, 6.45) is -9.11. The van der Waals surface area contributed by atoms with Gasteiger partial charge in [-0.3, -0.25) is 24.2 Å². The first-order chi connectivity index (χ1) is 24.6. The Labute approximate surface area is 303 Å². The second-order valence-corrected chi connectivity index (χ2v) is 13.4. The lowest BCUT2D eigenvalue weighted by atomic mass is 9.96. The number of ether oxygens (including phenoxy) is 2. The summed E-state index contributed by atoms with van der Waals surface area (Å²) in [5.41, 5.74) is -2.27. The van der Waals surface area contributed by atoms with E-state index in [-0.39, 0.29) is 63.7 Å². The molecule has 0 unspecified atom stereocenters. The molecule has 2 saturated heterocycles. The molecule has 2 fully saturated rings. The maximum atomic E-state index is 13.8. The molecule has 0 aliphatic carbocycles. The average molecular weight is 768 g/mol. The van der Waals surface area contributed by atoms with E-state index in [4.69, 9.17) is 26.8 Å². The minimum atomic E-state index is -5.07. The zero-order chi connectivity index (χ0) is 37.6. The molecule has 2 amide bonds. The van der Waals surface area contributed by atoms with E-state index in [1.54, 1.807) is 18.2 Å². The van der Waals surface area contributed by atoms with Gasteiger partial charge in [0.05, 0.1) is 35.7 Å². The Morgan fingerprint density at radius 1 is 0.962 bits per heavy atom. The lowest BCUT2D eigenvalue weighted by Crippen LogP contribution is -2.38. The quantitative estimate of drug-likeness (QED) is 0.115. The number of carboxylic acid groups (broad SMARTS) is 1. The molecule has 2 heterocycles. The summed E-state index contributed by atoms with van der Waals surface area (Å²) in [6.45, 7) is 2.78. The summed E-state index contributed by atoms with van der Waals surface area (Å²) < 4.78 is 94.1. The van der Waals surface area contributed by atoms with Crippen molar-refractivity contribution in [2.24, 2.45) is 0 Å². The number of halogens is 6. The smallest absolute Gasteiger partial charge is 0.416 e. The lowest BCUT2D eigenvalue weighted by Gasteiger charge is -2.26. The third kappa shape index (κ3) is 10.3. The van der Waals surface area contributed by atoms with Gasteiger partial charge in [-0.25, -0.2) is 0 Å². The van der Waals surface area contributed by atoms with Crippen molar-refractivity contribution in [1.82, 2.24) is 9.80 Å². The monoisotopic (exact) mass is 767 g/mol. The molecule has 3 aromatic rings. The van der Waals surface area contributed by atoms with Gasteiger partial charge in [0.1, 0.15) is 16.7 Å². The van der Waals surface area contributed by atoms with Crippen molar-refractivity contribution < 1.29 is 55.3 Å². The topological polar surface area (TPSA) is 108 Å². The van der Waals surface area contributed by atoms with Crippen molar-refractivity contribution in [2.45, 2.75) is 25.2 Å². The second kappa shape index (κ2) is 16.5. The Morgan fingerprint density at radius 2 is 1.65 bits per heavy atom. The number of carbonyl (C=O) groups excluding carboxylic acids is 2. The molecule has 9 nitrogen and oxygen atoms in total. The number of carboxylic acids is 1. The van der Waals surface area contributed by atoms with Crippen LogP contribution >= 0.6 is 24.0 Å². The highest BCUT2D eigenvalue weighted by Crippen LogP contribution is 2.42. The number of nitrogens with one attached hydrogen (secondary N) is 1. The maximum absolute atomic E-state index is 13.8. The van der Waals surface area contributed by atoms with Crippen LogP contribution in [0, 0.1) is 0 Å². The van der Waals surface area contributed by atoms with Gasteiger partial charge in [0.25, 0.3) is 5.91 Å². The molecule has 2 aliphatic heterocycles. The molecule has 0 saturated carbocycles. The van der Waals surface area contributed by atoms with Crippen molar-refractivity contribution in [2.75, 3.05) is 51.3 Å². The molecule has 0 aromatic heterocycles. The highest BCUT2D eigenvalue weighted by Gasteiger charge is 2.37. The third-order valence-electron chi connectivity index (χ3n) is 7.97. The number of hydrogen-bond donors (Lipinski definition) is 2. The molecular formula is C35H31F6N3O6S2. The van der Waals surface area contributed by atoms with E-state index in [2.05, 4.69) is 10.2 Å². The van der Waals surface area contributed by atoms with Gasteiger partial charge in [0.15, 0.2) is 0 Å². The van der Waals surface area contributed by atoms with Crippen molar-refractivity contribution >= 4 is 57.8 Å². The van der Waals surface area contributed by atoms with E-state index < -0.39 is 41.3 Å². The van der Waals surface area contributed by atoms with Crippen LogP contribution in [-0.2, 0) is 37.9 Å². The van der Waals surface area contributed by atoms with Gasteiger partial charge in [0, 0.05) is 43.9 Å². The molecule has 2 aliphatic rings. The molecule has 17 heteroatoms. The van der Waals surface area contributed by atoms with Gasteiger partial charge in [-0.05, 0) is 65.2 Å². The SMILES string of the molecule is O=C(O)Cc1cccc(NC(=O)CCN2C(=O)C(=Cc3ccc(OCCN4CCOCC4)c(-c4cc(C(F)(F)F)cc(C(F)(F)F)c4)c3)SC2=S)c1. The Kier molecular flexibility index (Phi) is 12.3. The van der Waals surface area contributed by atoms with Gasteiger partial charge in [0.2, 0.25) is 5.91 Å². The number of alkyl halides is 6. The lowest BCUT2D eigenvalue weighted by molar-refractivity contribution is -0.143. The Bertz CT molecular complexity index is 1850. The fraction of sp³-hybridized carbons (Fsp3) is 0.314. The van der Waals surface area contributed by atoms with Crippen molar-refractivity contribution in [3.05, 3.63) is 87.8 Å². The number of amides is 2. The number of thioether (sulfide) groups is 1. The van der Waals surface area contributed by atoms with Crippen LogP contribution < -0.4 is 10.1 Å². The number of nitrogens with zero attached hydrogens (tertiary/aromatic N) is 2. The molecule has 0 radical (unpaired) electrons. The van der Waals surface area contributed by atoms with Crippen LogP contribution in [0.4, 0.5) is 32.0 Å². The van der Waals surface area contributed by atoms with Crippen LogP contribution in [0.3, 0.4) is 0 Å². The molecule has 3 aromatic carbocycles. The van der Waals surface area contributed by atoms with E-state index in [1.807, 2.05) is 0 Å². The third-order valence-corrected chi connectivity index (χ3v) is 9.35. The summed E-state index contributed by atoms with van der Waals surface area (Å²) in [5, 5.41) is 11.7. The molecule has 276 valence electrons. The van der Waals surface area contributed by atoms with E-state index in [0.717, 1.165) is 11.8 Å². The number of hydrogen-bond acceptors (Lipinski definition) is 8. The highest BCUT2D eigenvalue weighted by atomic mass is 32.2. The predicted molar refractivity (Wildman–Crippen MR) is 186 cm³/mol. The second-order valence-electron chi connectivity index (χ2n) is 11.8. The number of benzene rings is 3. The molecule has 52 heavy (non-hydrogen) atoms. The molecule has 2 N–H and O–H groups in total. The standard InChI is InChI=1S/C35H31F6N3O6S2/c36-34(37,38)24-18-23(19-25(20-24)35(39,40)41)27-15-22(4-5-28(27)50-13-10-43-8-11-49-12-9-43)16-29-32(48)44(33(51)52-29)7-6-30(45)42-26-3-1-2-21(14-26)17-31(46)47/h1-5,14-16,18-20H,6-13,17H2,(H,42,45)(H,46,47). The normalized spacial score (nSPS) is 16.4. The number of rotatable bonds is 12. The largest absolute Gasteiger partial charge is 0.492 e. The number of anilines is 1. The number of aliphatic carboxylic acids is 1. The summed E-state index contributed by atoms with van der Waals surface area (Å²) >= 11 is 6.29. The Balaban J connectivity index is 1.37. The number of carbonyl (C=O) groups is 3. The maximum Gasteiger partial charge on any atom is 0.416 e. The minimum absolute atomic E-state index is 0.0462. The highest BCUT2D eigenvalue weighted by molar-refractivity contribution is 8.26. The fourth-order valence-corrected chi connectivity index (χ4v) is 6.73. The Morgan fingerprint density at radius 3 is 2.31 bits per heavy atom. The first kappa shape index (κ1) is 38.8. The van der Waals surface area contributed by atoms with Crippen molar-refractivity contribution in [3.63, 3.8) is 0 Å². The van der Waals surface area contributed by atoms with Crippen LogP contribution in [-0.4, -0.2) is 83.0 Å². The molecule has 0 atom stereocenters. The van der Waals surface area contributed by atoms with E-state index >= 15 is 0 Å². The van der Waals surface area contributed by atoms with E-state index in [9.17, 15) is 40.7 Å². The zero-order valence-corrected chi connectivity index (χ0v) is 28.8. The molecule has 0 bridgehead atoms. The number of thiocarbonyl (C=S) groups is 1. The van der Waals surface area contributed by atoms with E-state index in [1.165, 1.54) is 35.2 Å². The minimum Gasteiger partial charge on any atom is -0.492 e. The summed E-state index contributed by atoms with van der Waals surface area (Å²) in [4.78, 5) is 40.4. The van der Waals surface area contributed by atoms with Crippen molar-refractivity contribution in [1.29, 1.82) is 0 Å². The molecule has 0 spiro atoms. The fourth-order valence-electron chi connectivity index (χ4n) is 5.42. The predicted octanol–water partition coefficient (Wildman–Crippen LogP) is 6.96. The van der Waals surface area contributed by atoms with Crippen LogP contribution in [0.25, 0.3) is 17.2 Å². The first-order valence-electron chi connectivity index (χ1n) is 15.8.